The van der Waals surface area contributed by atoms with E-state index in [0.29, 0.717) is 35.4 Å². The van der Waals surface area contributed by atoms with Gasteiger partial charge < -0.3 is 9.16 Å². The smallest absolute Gasteiger partial charge is 0.241 e. The minimum Gasteiger partial charge on any atom is -0.417 e. The molecule has 1 aromatic carbocycles. The Bertz CT molecular complexity index is 1290. The lowest BCUT2D eigenvalue weighted by Gasteiger charge is -2.37. The highest BCUT2D eigenvalue weighted by Gasteiger charge is 2.72. The number of aromatic nitrogens is 2. The van der Waals surface area contributed by atoms with Gasteiger partial charge in [0.25, 0.3) is 0 Å². The van der Waals surface area contributed by atoms with E-state index in [0.717, 1.165) is 11.7 Å². The quantitative estimate of drug-likeness (QED) is 0.254. The maximum absolute atomic E-state index is 13.8. The molecule has 0 radical (unpaired) electrons. The van der Waals surface area contributed by atoms with Gasteiger partial charge in [-0.15, -0.1) is 0 Å². The SMILES string of the molecule is [C-]#[N+]c1ccc(N2C(=O)[C@@H]3[C@H](C2=O)C2(C)C=CC3(CCO[Si](C)(C)C(C)(C)C)O2)c2nsnc12. The van der Waals surface area contributed by atoms with E-state index in [4.69, 9.17) is 15.7 Å². The van der Waals surface area contributed by atoms with E-state index in [1.807, 2.05) is 19.1 Å². The van der Waals surface area contributed by atoms with E-state index < -0.39 is 31.4 Å². The zero-order valence-electron chi connectivity index (χ0n) is 20.2. The van der Waals surface area contributed by atoms with Crippen LogP contribution in [0.3, 0.4) is 0 Å². The largest absolute Gasteiger partial charge is 0.417 e. The van der Waals surface area contributed by atoms with Gasteiger partial charge in [-0.05, 0) is 31.1 Å². The zero-order valence-corrected chi connectivity index (χ0v) is 22.0. The lowest BCUT2D eigenvalue weighted by Crippen LogP contribution is -2.44. The molecule has 3 aliphatic rings. The topological polar surface area (TPSA) is 86.0 Å². The maximum Gasteiger partial charge on any atom is 0.241 e. The summed E-state index contributed by atoms with van der Waals surface area (Å²) in [7, 11) is -1.97. The summed E-state index contributed by atoms with van der Waals surface area (Å²) in [5, 5.41) is 0.0736. The van der Waals surface area contributed by atoms with Crippen molar-refractivity contribution in [3.63, 3.8) is 0 Å². The van der Waals surface area contributed by atoms with Crippen molar-refractivity contribution < 1.29 is 18.8 Å². The zero-order chi connectivity index (χ0) is 24.7. The van der Waals surface area contributed by atoms with Crippen LogP contribution in [0.2, 0.25) is 18.1 Å². The molecule has 0 aliphatic carbocycles. The lowest BCUT2D eigenvalue weighted by atomic mass is 9.71. The van der Waals surface area contributed by atoms with Crippen LogP contribution in [-0.2, 0) is 18.8 Å². The number of nitrogens with zero attached hydrogens (tertiary/aromatic N) is 4. The van der Waals surface area contributed by atoms with E-state index in [-0.39, 0.29) is 16.9 Å². The van der Waals surface area contributed by atoms with Crippen LogP contribution in [0.25, 0.3) is 15.9 Å². The molecule has 2 saturated heterocycles. The molecule has 4 atom stereocenters. The Kier molecular flexibility index (Phi) is 4.98. The molecule has 0 spiro atoms. The molecule has 2 amide bonds. The first-order valence-corrected chi connectivity index (χ1v) is 15.0. The molecule has 4 heterocycles. The number of carbonyl (C=O) groups excluding carboxylic acids is 2. The minimum atomic E-state index is -1.97. The summed E-state index contributed by atoms with van der Waals surface area (Å²) in [6.07, 6.45) is 4.39. The van der Waals surface area contributed by atoms with Crippen LogP contribution in [-0.4, -0.2) is 46.7 Å². The van der Waals surface area contributed by atoms with Crippen LogP contribution in [0, 0.1) is 18.4 Å². The molecule has 3 aliphatic heterocycles. The molecular formula is C24H28N4O4SSi. The Hall–Kier alpha value is -2.45. The predicted molar refractivity (Wildman–Crippen MR) is 132 cm³/mol. The van der Waals surface area contributed by atoms with Gasteiger partial charge in [-0.25, -0.2) is 9.74 Å². The number of benzene rings is 1. The number of anilines is 1. The number of ether oxygens (including phenoxy) is 1. The van der Waals surface area contributed by atoms with Crippen LogP contribution >= 0.6 is 11.7 Å². The van der Waals surface area contributed by atoms with Gasteiger partial charge in [0, 0.05) is 13.0 Å². The lowest BCUT2D eigenvalue weighted by molar-refractivity contribution is -0.129. The van der Waals surface area contributed by atoms with E-state index >= 15 is 0 Å². The number of hydrogen-bond donors (Lipinski definition) is 0. The molecular weight excluding hydrogens is 468 g/mol. The number of carbonyl (C=O) groups is 2. The van der Waals surface area contributed by atoms with Crippen LogP contribution in [0.5, 0.6) is 0 Å². The third-order valence-electron chi connectivity index (χ3n) is 8.05. The minimum absolute atomic E-state index is 0.0736. The first kappa shape index (κ1) is 23.3. The number of amides is 2. The van der Waals surface area contributed by atoms with Gasteiger partial charge in [-0.2, -0.15) is 8.75 Å². The third kappa shape index (κ3) is 3.07. The van der Waals surface area contributed by atoms with Crippen LogP contribution in [0.4, 0.5) is 11.4 Å². The Morgan fingerprint density at radius 3 is 2.53 bits per heavy atom. The van der Waals surface area contributed by atoms with E-state index in [1.54, 1.807) is 12.1 Å². The average molecular weight is 497 g/mol. The van der Waals surface area contributed by atoms with Crippen molar-refractivity contribution in [1.82, 2.24) is 8.75 Å². The maximum atomic E-state index is 13.8. The number of rotatable bonds is 5. The molecule has 34 heavy (non-hydrogen) atoms. The first-order valence-electron chi connectivity index (χ1n) is 11.4. The summed E-state index contributed by atoms with van der Waals surface area (Å²) in [5.74, 6) is -1.82. The van der Waals surface area contributed by atoms with Gasteiger partial charge in [0.2, 0.25) is 17.5 Å². The molecule has 8 nitrogen and oxygen atoms in total. The molecule has 2 unspecified atom stereocenters. The van der Waals surface area contributed by atoms with E-state index in [9.17, 15) is 9.59 Å². The molecule has 2 fully saturated rings. The molecule has 1 aromatic heterocycles. The highest BCUT2D eigenvalue weighted by Crippen LogP contribution is 2.59. The van der Waals surface area contributed by atoms with Crippen molar-refractivity contribution in [2.45, 2.75) is 63.5 Å². The van der Waals surface area contributed by atoms with E-state index in [2.05, 4.69) is 47.5 Å². The van der Waals surface area contributed by atoms with Crippen molar-refractivity contribution in [1.29, 1.82) is 0 Å². The normalized spacial score (nSPS) is 30.4. The first-order chi connectivity index (χ1) is 15.9. The Labute approximate surface area is 204 Å². The van der Waals surface area contributed by atoms with E-state index in [1.165, 1.54) is 4.90 Å². The molecule has 0 saturated carbocycles. The average Bonchev–Trinajstić information content (AvgIpc) is 3.48. The third-order valence-corrected chi connectivity index (χ3v) is 13.1. The van der Waals surface area contributed by atoms with Gasteiger partial charge in [-0.3, -0.25) is 9.59 Å². The number of imide groups is 1. The standard InChI is InChI=1S/C24H28N4O4SSi/c1-22(2,3)34(6,7)31-13-12-24-11-10-23(4,32-24)16-17(24)21(30)28(20(16)29)15-9-8-14(25-5)18-19(15)27-33-26-18/h8-11,16-17H,12-13H2,1-4,6-7H3/t16-,17+,23?,24?/m1/s1. The second kappa shape index (κ2) is 7.27. The molecule has 5 rings (SSSR count). The van der Waals surface area contributed by atoms with Gasteiger partial charge in [0.15, 0.2) is 8.32 Å². The Balaban J connectivity index is 1.48. The number of fused-ring (bicyclic) bond motifs is 6. The van der Waals surface area contributed by atoms with Gasteiger partial charge in [-0.1, -0.05) is 39.0 Å². The summed E-state index contributed by atoms with van der Waals surface area (Å²) in [5.41, 5.74) is -0.171. The van der Waals surface area contributed by atoms with Gasteiger partial charge in [0.05, 0.1) is 41.4 Å². The van der Waals surface area contributed by atoms with Crippen molar-refractivity contribution in [2.24, 2.45) is 11.8 Å². The highest BCUT2D eigenvalue weighted by molar-refractivity contribution is 7.00. The van der Waals surface area contributed by atoms with Gasteiger partial charge in [0.1, 0.15) is 16.6 Å². The monoisotopic (exact) mass is 496 g/mol. The molecule has 10 heteroatoms. The molecule has 2 bridgehead atoms. The van der Waals surface area contributed by atoms with Crippen LogP contribution < -0.4 is 4.90 Å². The van der Waals surface area contributed by atoms with Crippen molar-refractivity contribution >= 4 is 54.3 Å². The summed E-state index contributed by atoms with van der Waals surface area (Å²) in [6.45, 7) is 20.7. The van der Waals surface area contributed by atoms with Crippen molar-refractivity contribution in [2.75, 3.05) is 11.5 Å². The highest BCUT2D eigenvalue weighted by atomic mass is 32.1. The Morgan fingerprint density at radius 2 is 1.85 bits per heavy atom. The van der Waals surface area contributed by atoms with Crippen LogP contribution in [0.15, 0.2) is 24.3 Å². The molecule has 178 valence electrons. The van der Waals surface area contributed by atoms with Gasteiger partial charge >= 0.3 is 0 Å². The summed E-state index contributed by atoms with van der Waals surface area (Å²) in [4.78, 5) is 32.2. The number of hydrogen-bond acceptors (Lipinski definition) is 7. The molecule has 2 aromatic rings. The summed E-state index contributed by atoms with van der Waals surface area (Å²) in [6, 6.07) is 3.22. The summed E-state index contributed by atoms with van der Waals surface area (Å²) < 4.78 is 21.4. The van der Waals surface area contributed by atoms with Crippen LogP contribution in [0.1, 0.15) is 34.1 Å². The second-order valence-electron chi connectivity index (χ2n) is 11.1. The second-order valence-corrected chi connectivity index (χ2v) is 16.4. The predicted octanol–water partition coefficient (Wildman–Crippen LogP) is 4.86. The fraction of sp³-hybridized carbons (Fsp3) is 0.542. The fourth-order valence-corrected chi connectivity index (χ4v) is 6.79. The molecule has 0 N–H and O–H groups in total. The summed E-state index contributed by atoms with van der Waals surface area (Å²) >= 11 is 0.964. The van der Waals surface area contributed by atoms with Crippen molar-refractivity contribution in [3.8, 4) is 0 Å². The Morgan fingerprint density at radius 1 is 1.18 bits per heavy atom. The van der Waals surface area contributed by atoms with Crippen molar-refractivity contribution in [3.05, 3.63) is 35.7 Å². The fourth-order valence-electron chi connectivity index (χ4n) is 5.18.